The molecule has 0 bridgehead atoms. The Morgan fingerprint density at radius 3 is 2.60 bits per heavy atom. The Morgan fingerprint density at radius 2 is 2.13 bits per heavy atom. The van der Waals surface area contributed by atoms with Crippen LogP contribution in [0.3, 0.4) is 0 Å². The van der Waals surface area contributed by atoms with Crippen LogP contribution >= 0.6 is 0 Å². The molecule has 0 saturated heterocycles. The first-order chi connectivity index (χ1) is 7.13. The molecule has 1 fully saturated rings. The predicted octanol–water partition coefficient (Wildman–Crippen LogP) is 0.324. The summed E-state index contributed by atoms with van der Waals surface area (Å²) in [6.45, 7) is 6.60. The first kappa shape index (κ1) is 12.5. The molecule has 88 valence electrons. The van der Waals surface area contributed by atoms with E-state index < -0.39 is 0 Å². The quantitative estimate of drug-likeness (QED) is 0.640. The lowest BCUT2D eigenvalue weighted by molar-refractivity contribution is -0.121. The average molecular weight is 213 g/mol. The summed E-state index contributed by atoms with van der Waals surface area (Å²) < 4.78 is 0. The highest BCUT2D eigenvalue weighted by Crippen LogP contribution is 2.18. The zero-order chi connectivity index (χ0) is 11.3. The van der Waals surface area contributed by atoms with Gasteiger partial charge in [0.05, 0.1) is 0 Å². The van der Waals surface area contributed by atoms with Gasteiger partial charge in [0.2, 0.25) is 5.91 Å². The zero-order valence-electron chi connectivity index (χ0n) is 9.83. The van der Waals surface area contributed by atoms with Gasteiger partial charge in [-0.1, -0.05) is 0 Å². The van der Waals surface area contributed by atoms with E-state index in [2.05, 4.69) is 24.1 Å². The van der Waals surface area contributed by atoms with Crippen molar-refractivity contribution in [1.82, 2.24) is 10.2 Å². The topological polar surface area (TPSA) is 58.4 Å². The molecule has 0 aliphatic heterocycles. The van der Waals surface area contributed by atoms with E-state index in [9.17, 15) is 4.79 Å². The smallest absolute Gasteiger partial charge is 0.221 e. The SMILES string of the molecule is CC(C)N(CCN)CCC(=O)NC1CC1. The van der Waals surface area contributed by atoms with Gasteiger partial charge in [0.15, 0.2) is 0 Å². The second-order valence-electron chi connectivity index (χ2n) is 4.51. The molecule has 3 N–H and O–H groups in total. The molecule has 0 aromatic rings. The minimum Gasteiger partial charge on any atom is -0.353 e. The largest absolute Gasteiger partial charge is 0.353 e. The minimum absolute atomic E-state index is 0.181. The molecular weight excluding hydrogens is 190 g/mol. The molecule has 4 heteroatoms. The molecule has 1 aliphatic carbocycles. The number of nitrogens with zero attached hydrogens (tertiary/aromatic N) is 1. The van der Waals surface area contributed by atoms with Crippen molar-refractivity contribution in [3.05, 3.63) is 0 Å². The van der Waals surface area contributed by atoms with Gasteiger partial charge in [0, 0.05) is 38.1 Å². The van der Waals surface area contributed by atoms with Gasteiger partial charge in [-0.05, 0) is 26.7 Å². The van der Waals surface area contributed by atoms with Crippen LogP contribution in [0.25, 0.3) is 0 Å². The van der Waals surface area contributed by atoms with Gasteiger partial charge >= 0.3 is 0 Å². The molecule has 0 radical (unpaired) electrons. The van der Waals surface area contributed by atoms with Crippen molar-refractivity contribution in [3.63, 3.8) is 0 Å². The first-order valence-corrected chi connectivity index (χ1v) is 5.87. The highest BCUT2D eigenvalue weighted by molar-refractivity contribution is 5.76. The molecular formula is C11H23N3O. The van der Waals surface area contributed by atoms with E-state index in [1.807, 2.05) is 0 Å². The predicted molar refractivity (Wildman–Crippen MR) is 61.5 cm³/mol. The van der Waals surface area contributed by atoms with E-state index in [0.29, 0.717) is 25.0 Å². The maximum Gasteiger partial charge on any atom is 0.221 e. The Balaban J connectivity index is 2.16. The average Bonchev–Trinajstić information content (AvgIpc) is 2.95. The van der Waals surface area contributed by atoms with Gasteiger partial charge in [-0.15, -0.1) is 0 Å². The van der Waals surface area contributed by atoms with Crippen LogP contribution in [0, 0.1) is 0 Å². The molecule has 0 heterocycles. The molecule has 0 atom stereocenters. The summed E-state index contributed by atoms with van der Waals surface area (Å²) in [5, 5.41) is 2.99. The van der Waals surface area contributed by atoms with Gasteiger partial charge in [0.25, 0.3) is 0 Å². The Hall–Kier alpha value is -0.610. The summed E-state index contributed by atoms with van der Waals surface area (Å²) in [4.78, 5) is 13.7. The van der Waals surface area contributed by atoms with Crippen LogP contribution in [0.1, 0.15) is 33.1 Å². The monoisotopic (exact) mass is 213 g/mol. The molecule has 0 aromatic carbocycles. The number of hydrogen-bond donors (Lipinski definition) is 2. The summed E-state index contributed by atoms with van der Waals surface area (Å²) in [5.41, 5.74) is 5.52. The van der Waals surface area contributed by atoms with Gasteiger partial charge in [0.1, 0.15) is 0 Å². The fraction of sp³-hybridized carbons (Fsp3) is 0.909. The Morgan fingerprint density at radius 1 is 1.47 bits per heavy atom. The third-order valence-electron chi connectivity index (χ3n) is 2.72. The van der Waals surface area contributed by atoms with Crippen molar-refractivity contribution in [2.75, 3.05) is 19.6 Å². The summed E-state index contributed by atoms with van der Waals surface area (Å²) in [6.07, 6.45) is 2.90. The van der Waals surface area contributed by atoms with Crippen molar-refractivity contribution in [2.24, 2.45) is 5.73 Å². The summed E-state index contributed by atoms with van der Waals surface area (Å²) in [5.74, 6) is 0.181. The number of carbonyl (C=O) groups is 1. The molecule has 1 amide bonds. The van der Waals surface area contributed by atoms with E-state index in [0.717, 1.165) is 25.9 Å². The molecule has 4 nitrogen and oxygen atoms in total. The van der Waals surface area contributed by atoms with Crippen LogP contribution in [0.2, 0.25) is 0 Å². The number of rotatable bonds is 7. The maximum atomic E-state index is 11.5. The van der Waals surface area contributed by atoms with Crippen LogP contribution in [0.15, 0.2) is 0 Å². The number of nitrogens with two attached hydrogens (primary N) is 1. The molecule has 0 unspecified atom stereocenters. The van der Waals surface area contributed by atoms with Gasteiger partial charge in [-0.2, -0.15) is 0 Å². The van der Waals surface area contributed by atoms with E-state index in [1.165, 1.54) is 0 Å². The van der Waals surface area contributed by atoms with Gasteiger partial charge in [-0.3, -0.25) is 9.69 Å². The summed E-state index contributed by atoms with van der Waals surface area (Å²) in [7, 11) is 0. The third-order valence-corrected chi connectivity index (χ3v) is 2.72. The molecule has 15 heavy (non-hydrogen) atoms. The van der Waals surface area contributed by atoms with Crippen molar-refractivity contribution in [1.29, 1.82) is 0 Å². The molecule has 1 rings (SSSR count). The van der Waals surface area contributed by atoms with Gasteiger partial charge in [-0.25, -0.2) is 0 Å². The molecule has 0 aromatic heterocycles. The second-order valence-corrected chi connectivity index (χ2v) is 4.51. The second kappa shape index (κ2) is 6.08. The van der Waals surface area contributed by atoms with Crippen LogP contribution in [-0.2, 0) is 4.79 Å². The van der Waals surface area contributed by atoms with Crippen molar-refractivity contribution < 1.29 is 4.79 Å². The lowest BCUT2D eigenvalue weighted by Gasteiger charge is -2.25. The zero-order valence-corrected chi connectivity index (χ0v) is 9.83. The van der Waals surface area contributed by atoms with Crippen LogP contribution < -0.4 is 11.1 Å². The fourth-order valence-electron chi connectivity index (χ4n) is 1.57. The standard InChI is InChI=1S/C11H23N3O/c1-9(2)14(8-6-12)7-5-11(15)13-10-3-4-10/h9-10H,3-8,12H2,1-2H3,(H,13,15). The third kappa shape index (κ3) is 5.14. The lowest BCUT2D eigenvalue weighted by atomic mass is 10.2. The number of hydrogen-bond acceptors (Lipinski definition) is 3. The normalized spacial score (nSPS) is 16.1. The Bertz CT molecular complexity index is 202. The summed E-state index contributed by atoms with van der Waals surface area (Å²) >= 11 is 0. The molecule has 1 saturated carbocycles. The van der Waals surface area contributed by atoms with Crippen molar-refractivity contribution in [3.8, 4) is 0 Å². The summed E-state index contributed by atoms with van der Waals surface area (Å²) in [6, 6.07) is 0.932. The Labute approximate surface area is 92.2 Å². The van der Waals surface area contributed by atoms with Crippen molar-refractivity contribution in [2.45, 2.75) is 45.2 Å². The number of carbonyl (C=O) groups excluding carboxylic acids is 1. The fourth-order valence-corrected chi connectivity index (χ4v) is 1.57. The van der Waals surface area contributed by atoms with E-state index in [1.54, 1.807) is 0 Å². The van der Waals surface area contributed by atoms with E-state index in [4.69, 9.17) is 5.73 Å². The maximum absolute atomic E-state index is 11.5. The van der Waals surface area contributed by atoms with E-state index >= 15 is 0 Å². The lowest BCUT2D eigenvalue weighted by Crippen LogP contribution is -2.38. The van der Waals surface area contributed by atoms with Crippen molar-refractivity contribution >= 4 is 5.91 Å². The molecule has 1 aliphatic rings. The Kier molecular flexibility index (Phi) is 5.05. The highest BCUT2D eigenvalue weighted by Gasteiger charge is 2.23. The van der Waals surface area contributed by atoms with Crippen LogP contribution in [0.5, 0.6) is 0 Å². The van der Waals surface area contributed by atoms with Crippen LogP contribution in [0.4, 0.5) is 0 Å². The van der Waals surface area contributed by atoms with E-state index in [-0.39, 0.29) is 5.91 Å². The highest BCUT2D eigenvalue weighted by atomic mass is 16.1. The minimum atomic E-state index is 0.181. The number of nitrogens with one attached hydrogen (secondary N) is 1. The van der Waals surface area contributed by atoms with Gasteiger partial charge < -0.3 is 11.1 Å². The van der Waals surface area contributed by atoms with Crippen LogP contribution in [-0.4, -0.2) is 42.5 Å². The first-order valence-electron chi connectivity index (χ1n) is 5.87. The number of amides is 1. The molecule has 0 spiro atoms.